The minimum Gasteiger partial charge on any atom is -0.370 e. The third-order valence-electron chi connectivity index (χ3n) is 4.47. The third kappa shape index (κ3) is 3.30. The highest BCUT2D eigenvalue weighted by atomic mass is 15.2. The van der Waals surface area contributed by atoms with Crippen molar-refractivity contribution in [2.24, 2.45) is 5.92 Å². The van der Waals surface area contributed by atoms with E-state index in [1.165, 1.54) is 31.2 Å². The van der Waals surface area contributed by atoms with Gasteiger partial charge in [0.2, 0.25) is 0 Å². The van der Waals surface area contributed by atoms with E-state index in [1.54, 1.807) is 0 Å². The molecule has 2 aliphatic rings. The van der Waals surface area contributed by atoms with Crippen molar-refractivity contribution in [2.75, 3.05) is 23.3 Å². The van der Waals surface area contributed by atoms with E-state index >= 15 is 0 Å². The van der Waals surface area contributed by atoms with Crippen LogP contribution < -0.4 is 10.2 Å². The first kappa shape index (κ1) is 14.6. The predicted octanol–water partition coefficient (Wildman–Crippen LogP) is 3.72. The number of hydrogen-bond donors (Lipinski definition) is 1. The molecule has 0 spiro atoms. The van der Waals surface area contributed by atoms with E-state index in [1.807, 2.05) is 0 Å². The van der Waals surface area contributed by atoms with Crippen molar-refractivity contribution in [3.63, 3.8) is 0 Å². The molecule has 1 aromatic heterocycles. The molecule has 2 saturated carbocycles. The molecule has 4 heteroatoms. The Balaban J connectivity index is 1.96. The van der Waals surface area contributed by atoms with Crippen LogP contribution >= 0.6 is 0 Å². The summed E-state index contributed by atoms with van der Waals surface area (Å²) in [5.74, 6) is 4.70. The van der Waals surface area contributed by atoms with Gasteiger partial charge in [0.15, 0.2) is 0 Å². The fraction of sp³-hybridized carbons (Fsp3) is 0.765. The Hall–Kier alpha value is -1.32. The summed E-state index contributed by atoms with van der Waals surface area (Å²) in [6.07, 6.45) is 5.25. The number of hydrogen-bond acceptors (Lipinski definition) is 4. The maximum atomic E-state index is 4.95. The quantitative estimate of drug-likeness (QED) is 0.830. The summed E-state index contributed by atoms with van der Waals surface area (Å²) >= 11 is 0. The molecule has 0 saturated heterocycles. The lowest BCUT2D eigenvalue weighted by molar-refractivity contribution is 0.631. The molecule has 4 nitrogen and oxygen atoms in total. The zero-order chi connectivity index (χ0) is 15.0. The fourth-order valence-corrected chi connectivity index (χ4v) is 2.79. The van der Waals surface area contributed by atoms with Gasteiger partial charge in [0.05, 0.1) is 0 Å². The number of aromatic nitrogens is 2. The Morgan fingerprint density at radius 2 is 1.90 bits per heavy atom. The minimum atomic E-state index is 0.487. The second kappa shape index (κ2) is 5.82. The maximum absolute atomic E-state index is 4.95. The Morgan fingerprint density at radius 3 is 2.43 bits per heavy atom. The van der Waals surface area contributed by atoms with Crippen molar-refractivity contribution >= 4 is 11.6 Å². The van der Waals surface area contributed by atoms with Crippen molar-refractivity contribution in [3.05, 3.63) is 11.4 Å². The van der Waals surface area contributed by atoms with Crippen molar-refractivity contribution in [3.8, 4) is 0 Å². The molecule has 0 amide bonds. The molecular formula is C17H28N4. The molecule has 2 aliphatic carbocycles. The monoisotopic (exact) mass is 288 g/mol. The van der Waals surface area contributed by atoms with Crippen LogP contribution in [-0.2, 0) is 0 Å². The molecule has 1 heterocycles. The van der Waals surface area contributed by atoms with E-state index in [-0.39, 0.29) is 0 Å². The normalized spacial score (nSPS) is 18.1. The Bertz CT molecular complexity index is 504. The van der Waals surface area contributed by atoms with Crippen LogP contribution in [0.4, 0.5) is 11.6 Å². The molecule has 0 aliphatic heterocycles. The lowest BCUT2D eigenvalue weighted by Gasteiger charge is -2.30. The van der Waals surface area contributed by atoms with E-state index in [0.717, 1.165) is 36.5 Å². The van der Waals surface area contributed by atoms with Crippen LogP contribution in [0, 0.1) is 12.8 Å². The molecule has 0 unspecified atom stereocenters. The van der Waals surface area contributed by atoms with Gasteiger partial charge in [-0.3, -0.25) is 0 Å². The number of anilines is 2. The van der Waals surface area contributed by atoms with Crippen LogP contribution in [0.25, 0.3) is 0 Å². The van der Waals surface area contributed by atoms with Gasteiger partial charge >= 0.3 is 0 Å². The van der Waals surface area contributed by atoms with Crippen molar-refractivity contribution in [2.45, 2.75) is 65.3 Å². The molecule has 1 N–H and O–H groups in total. The average Bonchev–Trinajstić information content (AvgIpc) is 3.32. The molecule has 0 atom stereocenters. The zero-order valence-corrected chi connectivity index (χ0v) is 13.8. The van der Waals surface area contributed by atoms with Crippen LogP contribution in [0.5, 0.6) is 0 Å². The number of nitrogens with one attached hydrogen (secondary N) is 1. The Kier molecular flexibility index (Phi) is 4.05. The smallest absolute Gasteiger partial charge is 0.137 e. The van der Waals surface area contributed by atoms with Crippen molar-refractivity contribution < 1.29 is 0 Å². The summed E-state index contributed by atoms with van der Waals surface area (Å²) in [5, 5.41) is 3.42. The first-order valence-electron chi connectivity index (χ1n) is 8.49. The van der Waals surface area contributed by atoms with Gasteiger partial charge in [0, 0.05) is 30.6 Å². The van der Waals surface area contributed by atoms with Crippen molar-refractivity contribution in [1.82, 2.24) is 9.97 Å². The second-order valence-corrected chi connectivity index (χ2v) is 6.87. The Morgan fingerprint density at radius 1 is 1.19 bits per heavy atom. The Labute approximate surface area is 128 Å². The number of nitrogens with zero attached hydrogens (tertiary/aromatic N) is 3. The van der Waals surface area contributed by atoms with Gasteiger partial charge in [-0.05, 0) is 59.3 Å². The summed E-state index contributed by atoms with van der Waals surface area (Å²) in [7, 11) is 0. The zero-order valence-electron chi connectivity index (χ0n) is 13.8. The van der Waals surface area contributed by atoms with E-state index < -0.39 is 0 Å². The molecule has 116 valence electrons. The summed E-state index contributed by atoms with van der Waals surface area (Å²) in [5.41, 5.74) is 1.20. The number of rotatable bonds is 7. The topological polar surface area (TPSA) is 41.1 Å². The van der Waals surface area contributed by atoms with Crippen LogP contribution in [0.1, 0.15) is 63.8 Å². The lowest BCUT2D eigenvalue weighted by Crippen LogP contribution is -2.34. The van der Waals surface area contributed by atoms with Gasteiger partial charge in [-0.25, -0.2) is 9.97 Å². The van der Waals surface area contributed by atoms with Gasteiger partial charge in [-0.1, -0.05) is 0 Å². The molecule has 0 radical (unpaired) electrons. The minimum absolute atomic E-state index is 0.487. The van der Waals surface area contributed by atoms with E-state index in [0.29, 0.717) is 12.0 Å². The van der Waals surface area contributed by atoms with Crippen molar-refractivity contribution in [1.29, 1.82) is 0 Å². The summed E-state index contributed by atoms with van der Waals surface area (Å²) in [6, 6.07) is 0.487. The fourth-order valence-electron chi connectivity index (χ4n) is 2.79. The van der Waals surface area contributed by atoms with E-state index in [4.69, 9.17) is 9.97 Å². The summed E-state index contributed by atoms with van der Waals surface area (Å²) in [6.45, 7) is 10.9. The van der Waals surface area contributed by atoms with Crippen LogP contribution in [0.15, 0.2) is 0 Å². The molecular weight excluding hydrogens is 260 g/mol. The average molecular weight is 288 g/mol. The molecule has 1 aromatic rings. The summed E-state index contributed by atoms with van der Waals surface area (Å²) < 4.78 is 0. The van der Waals surface area contributed by atoms with E-state index in [9.17, 15) is 0 Å². The highest BCUT2D eigenvalue weighted by molar-refractivity contribution is 5.59. The predicted molar refractivity (Wildman–Crippen MR) is 88.1 cm³/mol. The summed E-state index contributed by atoms with van der Waals surface area (Å²) in [4.78, 5) is 12.2. The van der Waals surface area contributed by atoms with Crippen LogP contribution in [0.2, 0.25) is 0 Å². The van der Waals surface area contributed by atoms with E-state index in [2.05, 4.69) is 37.9 Å². The standard InChI is InChI=1S/C17H28N4/c1-5-18-15-12(4)17(20-16(19-15)14-8-9-14)21(11(2)3)10-13-6-7-13/h11,13-14H,5-10H2,1-4H3,(H,18,19,20). The SMILES string of the molecule is CCNc1nc(C2CC2)nc(N(CC2CC2)C(C)C)c1C. The first-order chi connectivity index (χ1) is 10.1. The van der Waals surface area contributed by atoms with Gasteiger partial charge in [-0.2, -0.15) is 0 Å². The van der Waals surface area contributed by atoms with Crippen LogP contribution in [-0.4, -0.2) is 29.1 Å². The van der Waals surface area contributed by atoms with Crippen LogP contribution in [0.3, 0.4) is 0 Å². The molecule has 0 aromatic carbocycles. The van der Waals surface area contributed by atoms with Gasteiger partial charge in [0.1, 0.15) is 17.5 Å². The highest BCUT2D eigenvalue weighted by Gasteiger charge is 2.31. The first-order valence-corrected chi connectivity index (χ1v) is 8.49. The largest absolute Gasteiger partial charge is 0.370 e. The molecule has 2 fully saturated rings. The van der Waals surface area contributed by atoms with Gasteiger partial charge < -0.3 is 10.2 Å². The molecule has 21 heavy (non-hydrogen) atoms. The van der Waals surface area contributed by atoms with Gasteiger partial charge in [-0.15, -0.1) is 0 Å². The lowest BCUT2D eigenvalue weighted by atomic mass is 10.2. The third-order valence-corrected chi connectivity index (χ3v) is 4.47. The second-order valence-electron chi connectivity index (χ2n) is 6.87. The van der Waals surface area contributed by atoms with Gasteiger partial charge in [0.25, 0.3) is 0 Å². The molecule has 0 bridgehead atoms. The highest BCUT2D eigenvalue weighted by Crippen LogP contribution is 2.41. The molecule has 3 rings (SSSR count). The maximum Gasteiger partial charge on any atom is 0.137 e.